The Hall–Kier alpha value is -2.26. The summed E-state index contributed by atoms with van der Waals surface area (Å²) in [6, 6.07) is 1.43. The number of nitro groups is 2. The molecule has 1 heterocycles. The molecule has 0 bridgehead atoms. The highest BCUT2D eigenvalue weighted by Crippen LogP contribution is 2.42. The highest BCUT2D eigenvalue weighted by atomic mass is 16.6. The molecule has 1 aliphatic rings. The van der Waals surface area contributed by atoms with Crippen molar-refractivity contribution in [2.75, 3.05) is 25.1 Å². The van der Waals surface area contributed by atoms with E-state index in [-0.39, 0.29) is 35.8 Å². The first-order valence-corrected chi connectivity index (χ1v) is 8.16. The number of morpholine rings is 1. The lowest BCUT2D eigenvalue weighted by Crippen LogP contribution is -2.46. The Bertz CT molecular complexity index is 668. The third-order valence-corrected chi connectivity index (χ3v) is 4.22. The molecule has 9 nitrogen and oxygen atoms in total. The first-order valence-electron chi connectivity index (χ1n) is 8.16. The summed E-state index contributed by atoms with van der Waals surface area (Å²) in [6.45, 7) is 6.42. The molecule has 0 aliphatic carbocycles. The molecule has 0 N–H and O–H groups in total. The minimum atomic E-state index is -0.588. The van der Waals surface area contributed by atoms with Crippen molar-refractivity contribution in [3.8, 4) is 0 Å². The number of benzene rings is 1. The molecule has 1 aromatic carbocycles. The zero-order valence-corrected chi connectivity index (χ0v) is 14.9. The number of rotatable bonds is 6. The van der Waals surface area contributed by atoms with Gasteiger partial charge in [-0.15, -0.1) is 0 Å². The quantitative estimate of drug-likeness (QED) is 0.571. The van der Waals surface area contributed by atoms with Gasteiger partial charge in [0, 0.05) is 26.3 Å². The van der Waals surface area contributed by atoms with Crippen molar-refractivity contribution in [2.45, 2.75) is 46.0 Å². The van der Waals surface area contributed by atoms with Crippen LogP contribution in [0.25, 0.3) is 0 Å². The molecule has 0 radical (unpaired) electrons. The Balaban J connectivity index is 2.74. The summed E-state index contributed by atoms with van der Waals surface area (Å²) in [5.41, 5.74) is 0.501. The highest BCUT2D eigenvalue weighted by molar-refractivity contribution is 5.76. The third kappa shape index (κ3) is 3.88. The van der Waals surface area contributed by atoms with Crippen LogP contribution < -0.4 is 4.90 Å². The van der Waals surface area contributed by atoms with E-state index in [2.05, 4.69) is 0 Å². The van der Waals surface area contributed by atoms with Gasteiger partial charge in [-0.2, -0.15) is 0 Å². The van der Waals surface area contributed by atoms with Crippen LogP contribution in [0.4, 0.5) is 17.1 Å². The maximum Gasteiger partial charge on any atom is 0.305 e. The molecule has 2 unspecified atom stereocenters. The van der Waals surface area contributed by atoms with Crippen LogP contribution in [0.2, 0.25) is 0 Å². The van der Waals surface area contributed by atoms with Crippen molar-refractivity contribution < 1.29 is 19.3 Å². The fraction of sp³-hybridized carbons (Fsp3) is 0.625. The molecule has 1 aliphatic heterocycles. The molecule has 2 atom stereocenters. The van der Waals surface area contributed by atoms with Gasteiger partial charge in [-0.05, 0) is 25.8 Å². The predicted octanol–water partition coefficient (Wildman–Crippen LogP) is 2.83. The van der Waals surface area contributed by atoms with E-state index in [0.717, 1.165) is 0 Å². The second-order valence-corrected chi connectivity index (χ2v) is 6.19. The van der Waals surface area contributed by atoms with Crippen LogP contribution in [0.1, 0.15) is 31.9 Å². The molecular formula is C16H23N3O6. The van der Waals surface area contributed by atoms with Crippen LogP contribution in [0.3, 0.4) is 0 Å². The smallest absolute Gasteiger partial charge is 0.305 e. The average molecular weight is 353 g/mol. The van der Waals surface area contributed by atoms with Crippen LogP contribution >= 0.6 is 0 Å². The number of ether oxygens (including phenoxy) is 2. The SMILES string of the molecule is CCc1cc([N+](=O)[O-])c(COC)c([N+](=O)[O-])c1N1CC(C)OC(C)C1. The molecule has 0 spiro atoms. The van der Waals surface area contributed by atoms with Crippen molar-refractivity contribution >= 4 is 17.1 Å². The van der Waals surface area contributed by atoms with Gasteiger partial charge in [0.05, 0.1) is 28.7 Å². The van der Waals surface area contributed by atoms with Crippen molar-refractivity contribution in [3.63, 3.8) is 0 Å². The molecule has 1 fully saturated rings. The van der Waals surface area contributed by atoms with Crippen molar-refractivity contribution in [3.05, 3.63) is 37.4 Å². The van der Waals surface area contributed by atoms with E-state index in [1.807, 2.05) is 25.7 Å². The molecule has 0 saturated carbocycles. The minimum absolute atomic E-state index is 0.00324. The van der Waals surface area contributed by atoms with Gasteiger partial charge in [0.15, 0.2) is 0 Å². The zero-order chi connectivity index (χ0) is 18.7. The Morgan fingerprint density at radius 1 is 1.24 bits per heavy atom. The van der Waals surface area contributed by atoms with Gasteiger partial charge in [-0.25, -0.2) is 0 Å². The van der Waals surface area contributed by atoms with Gasteiger partial charge < -0.3 is 14.4 Å². The number of hydrogen-bond acceptors (Lipinski definition) is 7. The normalized spacial score (nSPS) is 20.6. The Kier molecular flexibility index (Phi) is 5.91. The third-order valence-electron chi connectivity index (χ3n) is 4.22. The summed E-state index contributed by atoms with van der Waals surface area (Å²) in [7, 11) is 1.36. The number of methoxy groups -OCH3 is 1. The largest absolute Gasteiger partial charge is 0.379 e. The summed E-state index contributed by atoms with van der Waals surface area (Å²) in [6.07, 6.45) is 0.271. The molecule has 0 aromatic heterocycles. The highest BCUT2D eigenvalue weighted by Gasteiger charge is 2.36. The van der Waals surface area contributed by atoms with E-state index in [1.165, 1.54) is 13.2 Å². The first-order chi connectivity index (χ1) is 11.8. The average Bonchev–Trinajstić information content (AvgIpc) is 2.52. The predicted molar refractivity (Wildman–Crippen MR) is 92.1 cm³/mol. The second-order valence-electron chi connectivity index (χ2n) is 6.19. The van der Waals surface area contributed by atoms with Crippen LogP contribution in [0.5, 0.6) is 0 Å². The number of nitrogens with zero attached hydrogens (tertiary/aromatic N) is 3. The molecule has 9 heteroatoms. The Morgan fingerprint density at radius 3 is 2.28 bits per heavy atom. The van der Waals surface area contributed by atoms with Crippen LogP contribution in [-0.2, 0) is 22.5 Å². The standard InChI is InChI=1S/C16H23N3O6/c1-5-12-6-14(18(20)21)13(9-24-4)16(19(22)23)15(12)17-7-10(2)25-11(3)8-17/h6,10-11H,5,7-9H2,1-4H3. The zero-order valence-electron chi connectivity index (χ0n) is 14.9. The van der Waals surface area contributed by atoms with E-state index in [9.17, 15) is 20.2 Å². The molecular weight excluding hydrogens is 330 g/mol. The monoisotopic (exact) mass is 353 g/mol. The molecule has 2 rings (SSSR count). The summed E-state index contributed by atoms with van der Waals surface area (Å²) in [5, 5.41) is 23.3. The van der Waals surface area contributed by atoms with Crippen molar-refractivity contribution in [1.82, 2.24) is 0 Å². The molecule has 0 amide bonds. The Morgan fingerprint density at radius 2 is 1.84 bits per heavy atom. The summed E-state index contributed by atoms with van der Waals surface area (Å²) < 4.78 is 10.7. The number of anilines is 1. The molecule has 25 heavy (non-hydrogen) atoms. The van der Waals surface area contributed by atoms with Gasteiger partial charge in [0.1, 0.15) is 11.3 Å². The number of nitro benzene ring substituents is 2. The Labute approximate surface area is 145 Å². The topological polar surface area (TPSA) is 108 Å². The van der Waals surface area contributed by atoms with E-state index < -0.39 is 9.85 Å². The number of aryl methyl sites for hydroxylation is 1. The lowest BCUT2D eigenvalue weighted by molar-refractivity contribution is -0.395. The van der Waals surface area contributed by atoms with Crippen molar-refractivity contribution in [2.24, 2.45) is 0 Å². The molecule has 1 saturated heterocycles. The van der Waals surface area contributed by atoms with Gasteiger partial charge in [0.25, 0.3) is 5.69 Å². The van der Waals surface area contributed by atoms with Crippen LogP contribution in [-0.4, -0.2) is 42.3 Å². The van der Waals surface area contributed by atoms with E-state index in [1.54, 1.807) is 0 Å². The van der Waals surface area contributed by atoms with Gasteiger partial charge >= 0.3 is 5.69 Å². The van der Waals surface area contributed by atoms with Crippen LogP contribution in [0, 0.1) is 20.2 Å². The summed E-state index contributed by atoms with van der Waals surface area (Å²) >= 11 is 0. The lowest BCUT2D eigenvalue weighted by atomic mass is 10.00. The maximum absolute atomic E-state index is 11.8. The lowest BCUT2D eigenvalue weighted by Gasteiger charge is -2.37. The fourth-order valence-corrected chi connectivity index (χ4v) is 3.37. The fourth-order valence-electron chi connectivity index (χ4n) is 3.37. The number of hydrogen-bond donors (Lipinski definition) is 0. The molecule has 138 valence electrons. The van der Waals surface area contributed by atoms with Gasteiger partial charge in [-0.3, -0.25) is 20.2 Å². The second kappa shape index (κ2) is 7.75. The molecule has 1 aromatic rings. The van der Waals surface area contributed by atoms with Crippen LogP contribution in [0.15, 0.2) is 6.07 Å². The van der Waals surface area contributed by atoms with Gasteiger partial charge in [-0.1, -0.05) is 6.92 Å². The maximum atomic E-state index is 11.8. The minimum Gasteiger partial charge on any atom is -0.379 e. The van der Waals surface area contributed by atoms with E-state index in [4.69, 9.17) is 9.47 Å². The van der Waals surface area contributed by atoms with E-state index >= 15 is 0 Å². The summed E-state index contributed by atoms with van der Waals surface area (Å²) in [4.78, 5) is 24.0. The van der Waals surface area contributed by atoms with Gasteiger partial charge in [0.2, 0.25) is 0 Å². The summed E-state index contributed by atoms with van der Waals surface area (Å²) in [5.74, 6) is 0. The first kappa shape index (κ1) is 19.1. The van der Waals surface area contributed by atoms with Crippen molar-refractivity contribution in [1.29, 1.82) is 0 Å². The van der Waals surface area contributed by atoms with E-state index in [0.29, 0.717) is 30.8 Å².